The van der Waals surface area contributed by atoms with Gasteiger partial charge in [-0.05, 0) is 55.7 Å². The predicted molar refractivity (Wildman–Crippen MR) is 127 cm³/mol. The lowest BCUT2D eigenvalue weighted by Gasteiger charge is -2.16. The number of hydrogen-bond donors (Lipinski definition) is 1. The zero-order chi connectivity index (χ0) is 22.4. The molecule has 0 aromatic heterocycles. The molecule has 3 rings (SSSR count). The highest BCUT2D eigenvalue weighted by atomic mass is 35.5. The summed E-state index contributed by atoms with van der Waals surface area (Å²) in [6.45, 7) is 5.04. The van der Waals surface area contributed by atoms with Crippen molar-refractivity contribution in [3.63, 3.8) is 0 Å². The third-order valence-electron chi connectivity index (χ3n) is 4.81. The first-order valence-electron chi connectivity index (χ1n) is 10.1. The summed E-state index contributed by atoms with van der Waals surface area (Å²) in [6, 6.07) is 13.0. The van der Waals surface area contributed by atoms with E-state index in [2.05, 4.69) is 5.32 Å². The van der Waals surface area contributed by atoms with Crippen LogP contribution in [0.15, 0.2) is 47.5 Å². The largest absolute Gasteiger partial charge is 0.385 e. The number of carbonyl (C=O) groups excluding carboxylic acids is 2. The van der Waals surface area contributed by atoms with Crippen molar-refractivity contribution in [2.45, 2.75) is 31.9 Å². The number of hydrogen-bond acceptors (Lipinski definition) is 5. The number of halogens is 1. The van der Waals surface area contributed by atoms with Gasteiger partial charge in [-0.2, -0.15) is 0 Å². The van der Waals surface area contributed by atoms with Crippen molar-refractivity contribution in [3.05, 3.63) is 58.6 Å². The van der Waals surface area contributed by atoms with E-state index in [-0.39, 0.29) is 18.2 Å². The van der Waals surface area contributed by atoms with Gasteiger partial charge >= 0.3 is 0 Å². The number of amidine groups is 1. The zero-order valence-electron chi connectivity index (χ0n) is 17.9. The summed E-state index contributed by atoms with van der Waals surface area (Å²) in [6.07, 6.45) is 0.749. The number of aliphatic imine (C=N–C) groups is 1. The molecule has 0 bridgehead atoms. The molecule has 1 fully saturated rings. The Kier molecular flexibility index (Phi) is 8.12. The van der Waals surface area contributed by atoms with Gasteiger partial charge in [0, 0.05) is 37.4 Å². The zero-order valence-corrected chi connectivity index (χ0v) is 19.4. The van der Waals surface area contributed by atoms with Crippen LogP contribution in [0.4, 0.5) is 11.4 Å². The maximum atomic E-state index is 13.1. The Bertz CT molecular complexity index is 996. The second-order valence-electron chi connectivity index (χ2n) is 7.39. The van der Waals surface area contributed by atoms with Crippen LogP contribution in [-0.2, 0) is 14.3 Å². The summed E-state index contributed by atoms with van der Waals surface area (Å²) < 4.78 is 5.13. The molecule has 8 heteroatoms. The average molecular weight is 460 g/mol. The first kappa shape index (κ1) is 23.3. The molecular weight excluding hydrogens is 434 g/mol. The van der Waals surface area contributed by atoms with Gasteiger partial charge in [0.15, 0.2) is 5.17 Å². The number of amides is 2. The fourth-order valence-electron chi connectivity index (χ4n) is 3.19. The van der Waals surface area contributed by atoms with E-state index >= 15 is 0 Å². The van der Waals surface area contributed by atoms with Crippen molar-refractivity contribution < 1.29 is 14.3 Å². The van der Waals surface area contributed by atoms with Crippen LogP contribution in [-0.4, -0.2) is 47.4 Å². The fraction of sp³-hybridized carbons (Fsp3) is 0.348. The van der Waals surface area contributed by atoms with Crippen LogP contribution in [0.5, 0.6) is 0 Å². The number of anilines is 1. The summed E-state index contributed by atoms with van der Waals surface area (Å²) in [4.78, 5) is 32.1. The molecule has 2 amide bonds. The van der Waals surface area contributed by atoms with E-state index in [0.29, 0.717) is 35.5 Å². The maximum absolute atomic E-state index is 13.1. The fourth-order valence-corrected chi connectivity index (χ4v) is 4.55. The van der Waals surface area contributed by atoms with Crippen LogP contribution in [0, 0.1) is 13.8 Å². The maximum Gasteiger partial charge on any atom is 0.242 e. The van der Waals surface area contributed by atoms with Crippen molar-refractivity contribution in [2.24, 2.45) is 4.99 Å². The van der Waals surface area contributed by atoms with Crippen LogP contribution >= 0.6 is 23.4 Å². The molecule has 1 unspecified atom stereocenters. The average Bonchev–Trinajstić information content (AvgIpc) is 2.99. The normalized spacial score (nSPS) is 17.4. The number of ether oxygens (including phenoxy) is 1. The molecule has 1 N–H and O–H groups in total. The van der Waals surface area contributed by atoms with Gasteiger partial charge in [-0.1, -0.05) is 41.6 Å². The Hall–Kier alpha value is -2.35. The Balaban J connectivity index is 1.77. The lowest BCUT2D eigenvalue weighted by atomic mass is 10.1. The second-order valence-corrected chi connectivity index (χ2v) is 9.00. The van der Waals surface area contributed by atoms with Crippen molar-refractivity contribution >= 4 is 51.7 Å². The van der Waals surface area contributed by atoms with Crippen molar-refractivity contribution in [2.75, 3.05) is 25.6 Å². The van der Waals surface area contributed by atoms with Crippen molar-refractivity contribution in [3.8, 4) is 0 Å². The molecule has 0 spiro atoms. The SMILES string of the molecule is COCCCN1C(=O)C(CC(=O)Nc2cccc(Cl)c2)SC1=Nc1cc(C)ccc1C. The van der Waals surface area contributed by atoms with Crippen LogP contribution in [0.2, 0.25) is 5.02 Å². The molecule has 1 saturated heterocycles. The van der Waals surface area contributed by atoms with E-state index in [1.165, 1.54) is 11.8 Å². The molecule has 164 valence electrons. The standard InChI is InChI=1S/C23H26ClN3O3S/c1-15-8-9-16(2)19(12-15)26-23-27(10-5-11-30-3)22(29)20(31-23)14-21(28)25-18-7-4-6-17(24)13-18/h4,6-9,12-13,20H,5,10-11,14H2,1-3H3,(H,25,28). The minimum absolute atomic E-state index is 0.0581. The summed E-state index contributed by atoms with van der Waals surface area (Å²) in [7, 11) is 1.63. The van der Waals surface area contributed by atoms with E-state index in [1.54, 1.807) is 36.3 Å². The molecule has 2 aromatic carbocycles. The van der Waals surface area contributed by atoms with Crippen molar-refractivity contribution in [1.29, 1.82) is 0 Å². The molecule has 2 aromatic rings. The number of methoxy groups -OCH3 is 1. The molecule has 31 heavy (non-hydrogen) atoms. The van der Waals surface area contributed by atoms with Crippen LogP contribution in [0.3, 0.4) is 0 Å². The third-order valence-corrected chi connectivity index (χ3v) is 6.22. The third kappa shape index (κ3) is 6.32. The van der Waals surface area contributed by atoms with E-state index in [9.17, 15) is 9.59 Å². The Morgan fingerprint density at radius 1 is 1.26 bits per heavy atom. The summed E-state index contributed by atoms with van der Waals surface area (Å²) >= 11 is 7.31. The Morgan fingerprint density at radius 3 is 2.81 bits per heavy atom. The monoisotopic (exact) mass is 459 g/mol. The van der Waals surface area contributed by atoms with Gasteiger partial charge in [-0.15, -0.1) is 0 Å². The number of aryl methyl sites for hydroxylation is 2. The molecule has 0 radical (unpaired) electrons. The smallest absolute Gasteiger partial charge is 0.242 e. The van der Waals surface area contributed by atoms with Gasteiger partial charge in [0.2, 0.25) is 11.8 Å². The molecule has 6 nitrogen and oxygen atoms in total. The van der Waals surface area contributed by atoms with Gasteiger partial charge in [0.25, 0.3) is 0 Å². The highest BCUT2D eigenvalue weighted by Crippen LogP contribution is 2.33. The van der Waals surface area contributed by atoms with Crippen LogP contribution < -0.4 is 5.32 Å². The number of thioether (sulfide) groups is 1. The number of benzene rings is 2. The van der Waals surface area contributed by atoms with Gasteiger partial charge in [0.1, 0.15) is 5.25 Å². The van der Waals surface area contributed by atoms with Crippen LogP contribution in [0.1, 0.15) is 24.0 Å². The minimum Gasteiger partial charge on any atom is -0.385 e. The van der Waals surface area contributed by atoms with Gasteiger partial charge in [0.05, 0.1) is 5.69 Å². The van der Waals surface area contributed by atoms with E-state index in [1.807, 2.05) is 32.0 Å². The van der Waals surface area contributed by atoms with E-state index in [0.717, 1.165) is 16.8 Å². The summed E-state index contributed by atoms with van der Waals surface area (Å²) in [5.41, 5.74) is 3.57. The highest BCUT2D eigenvalue weighted by Gasteiger charge is 2.39. The molecule has 1 aliphatic heterocycles. The Morgan fingerprint density at radius 2 is 2.06 bits per heavy atom. The first-order chi connectivity index (χ1) is 14.9. The molecule has 1 heterocycles. The molecule has 1 aliphatic rings. The Labute approximate surface area is 192 Å². The van der Waals surface area contributed by atoms with Crippen molar-refractivity contribution in [1.82, 2.24) is 4.90 Å². The topological polar surface area (TPSA) is 71.0 Å². The van der Waals surface area contributed by atoms with Gasteiger partial charge in [-0.25, -0.2) is 4.99 Å². The van der Waals surface area contributed by atoms with Gasteiger partial charge < -0.3 is 10.1 Å². The summed E-state index contributed by atoms with van der Waals surface area (Å²) in [5.74, 6) is -0.343. The number of rotatable bonds is 8. The van der Waals surface area contributed by atoms with E-state index in [4.69, 9.17) is 21.3 Å². The number of carbonyl (C=O) groups is 2. The molecule has 0 aliphatic carbocycles. The number of nitrogens with one attached hydrogen (secondary N) is 1. The van der Waals surface area contributed by atoms with E-state index < -0.39 is 5.25 Å². The quantitative estimate of drug-likeness (QED) is 0.567. The lowest BCUT2D eigenvalue weighted by Crippen LogP contribution is -2.34. The lowest BCUT2D eigenvalue weighted by molar-refractivity contribution is -0.128. The summed E-state index contributed by atoms with van der Waals surface area (Å²) in [5, 5.41) is 3.45. The first-order valence-corrected chi connectivity index (χ1v) is 11.3. The van der Waals surface area contributed by atoms with Gasteiger partial charge in [-0.3, -0.25) is 14.5 Å². The molecular formula is C23H26ClN3O3S. The molecule has 1 atom stereocenters. The second kappa shape index (κ2) is 10.8. The molecule has 0 saturated carbocycles. The highest BCUT2D eigenvalue weighted by molar-refractivity contribution is 8.15. The minimum atomic E-state index is -0.523. The van der Waals surface area contributed by atoms with Crippen LogP contribution in [0.25, 0.3) is 0 Å². The predicted octanol–water partition coefficient (Wildman–Crippen LogP) is 4.95. The number of nitrogens with zero attached hydrogens (tertiary/aromatic N) is 2.